The fraction of sp³-hybridized carbons (Fsp3) is 0.433. The van der Waals surface area contributed by atoms with Crippen molar-refractivity contribution in [3.8, 4) is 22.8 Å². The fourth-order valence-corrected chi connectivity index (χ4v) is 6.40. The number of nitrogens with one attached hydrogen (secondary N) is 1. The number of aromatic nitrogens is 4. The average Bonchev–Trinajstić information content (AvgIpc) is 3.35. The smallest absolute Gasteiger partial charge is 0.164 e. The standard InChI is InChI=1S/C30H36N8O/c31-29-27-28(21-6-8-26(9-7-21)39-25-4-2-1-3-5-25)35-38(30(27)34-20-33-29)23-12-16-36(17-13-23)22-10-14-37(15-11-22)24-18-32-19-24/h1-9,20,22-24,32H,10-19H2,(H2,31,33,34). The topological polar surface area (TPSA) is 97.4 Å². The molecule has 7 rings (SSSR count). The van der Waals surface area contributed by atoms with Crippen LogP contribution in [-0.4, -0.2) is 80.9 Å². The van der Waals surface area contributed by atoms with Gasteiger partial charge in [0.1, 0.15) is 29.3 Å². The molecule has 9 nitrogen and oxygen atoms in total. The van der Waals surface area contributed by atoms with E-state index in [0.29, 0.717) is 17.9 Å². The van der Waals surface area contributed by atoms with E-state index in [1.165, 1.54) is 25.9 Å². The zero-order chi connectivity index (χ0) is 26.2. The number of nitrogens with zero attached hydrogens (tertiary/aromatic N) is 6. The number of likely N-dealkylation sites (tertiary alicyclic amines) is 2. The van der Waals surface area contributed by atoms with Gasteiger partial charge >= 0.3 is 0 Å². The van der Waals surface area contributed by atoms with Gasteiger partial charge in [0.15, 0.2) is 5.65 Å². The van der Waals surface area contributed by atoms with Crippen LogP contribution in [0.1, 0.15) is 31.7 Å². The zero-order valence-corrected chi connectivity index (χ0v) is 22.2. The van der Waals surface area contributed by atoms with E-state index >= 15 is 0 Å². The van der Waals surface area contributed by atoms with Gasteiger partial charge in [-0.1, -0.05) is 18.2 Å². The van der Waals surface area contributed by atoms with E-state index in [4.69, 9.17) is 15.6 Å². The highest BCUT2D eigenvalue weighted by Gasteiger charge is 2.33. The second kappa shape index (κ2) is 10.6. The number of piperidine rings is 2. The van der Waals surface area contributed by atoms with E-state index in [9.17, 15) is 0 Å². The van der Waals surface area contributed by atoms with Crippen molar-refractivity contribution in [1.82, 2.24) is 34.9 Å². The molecule has 3 fully saturated rings. The van der Waals surface area contributed by atoms with Crippen LogP contribution in [-0.2, 0) is 0 Å². The van der Waals surface area contributed by atoms with Gasteiger partial charge in [0.05, 0.1) is 11.4 Å². The van der Waals surface area contributed by atoms with Crippen LogP contribution >= 0.6 is 0 Å². The van der Waals surface area contributed by atoms with Gasteiger partial charge in [0.25, 0.3) is 0 Å². The molecule has 3 aliphatic heterocycles. The number of benzene rings is 2. The summed E-state index contributed by atoms with van der Waals surface area (Å²) in [6.07, 6.45) is 6.25. The van der Waals surface area contributed by atoms with Gasteiger partial charge in [-0.25, -0.2) is 14.6 Å². The highest BCUT2D eigenvalue weighted by Crippen LogP contribution is 2.36. The molecule has 0 amide bonds. The first-order valence-corrected chi connectivity index (χ1v) is 14.2. The molecule has 3 saturated heterocycles. The number of ether oxygens (including phenoxy) is 1. The van der Waals surface area contributed by atoms with Crippen molar-refractivity contribution in [3.63, 3.8) is 0 Å². The third kappa shape index (κ3) is 4.86. The number of rotatable bonds is 6. The molecular weight excluding hydrogens is 488 g/mol. The minimum Gasteiger partial charge on any atom is -0.457 e. The van der Waals surface area contributed by atoms with E-state index < -0.39 is 0 Å². The lowest BCUT2D eigenvalue weighted by Crippen LogP contribution is -2.60. The third-order valence-electron chi connectivity index (χ3n) is 8.76. The fourth-order valence-electron chi connectivity index (χ4n) is 6.40. The first kappa shape index (κ1) is 24.5. The molecule has 0 aliphatic carbocycles. The van der Waals surface area contributed by atoms with Crippen molar-refractivity contribution in [2.45, 2.75) is 43.8 Å². The number of fused-ring (bicyclic) bond motifs is 1. The largest absolute Gasteiger partial charge is 0.457 e. The zero-order valence-electron chi connectivity index (χ0n) is 22.2. The SMILES string of the molecule is Nc1ncnc2c1c(-c1ccc(Oc3ccccc3)cc1)nn2C1CCN(C2CCN(C3CNC3)CC2)CC1. The van der Waals surface area contributed by atoms with Crippen molar-refractivity contribution < 1.29 is 4.74 Å². The molecule has 2 aromatic heterocycles. The maximum atomic E-state index is 6.39. The molecule has 4 aromatic rings. The highest BCUT2D eigenvalue weighted by atomic mass is 16.5. The summed E-state index contributed by atoms with van der Waals surface area (Å²) in [5.41, 5.74) is 9.02. The molecule has 3 N–H and O–H groups in total. The number of nitrogens with two attached hydrogens (primary N) is 1. The summed E-state index contributed by atoms with van der Waals surface area (Å²) >= 11 is 0. The van der Waals surface area contributed by atoms with Crippen molar-refractivity contribution in [1.29, 1.82) is 0 Å². The minimum absolute atomic E-state index is 0.300. The van der Waals surface area contributed by atoms with Crippen LogP contribution in [0.3, 0.4) is 0 Å². The van der Waals surface area contributed by atoms with Gasteiger partial charge in [-0.2, -0.15) is 5.10 Å². The van der Waals surface area contributed by atoms with Gasteiger partial charge in [-0.3, -0.25) is 4.90 Å². The Kier molecular flexibility index (Phi) is 6.64. The molecule has 2 aromatic carbocycles. The predicted octanol–water partition coefficient (Wildman–Crippen LogP) is 3.94. The molecule has 9 heteroatoms. The van der Waals surface area contributed by atoms with Crippen molar-refractivity contribution in [2.75, 3.05) is 45.0 Å². The molecule has 0 radical (unpaired) electrons. The Morgan fingerprint density at radius 1 is 0.744 bits per heavy atom. The van der Waals surface area contributed by atoms with Crippen molar-refractivity contribution in [3.05, 3.63) is 60.9 Å². The lowest BCUT2D eigenvalue weighted by atomic mass is 9.96. The van der Waals surface area contributed by atoms with Crippen LogP contribution in [0.5, 0.6) is 11.5 Å². The molecule has 5 heterocycles. The average molecular weight is 525 g/mol. The quantitative estimate of drug-likeness (QED) is 0.392. The molecule has 0 bridgehead atoms. The first-order chi connectivity index (χ1) is 19.2. The van der Waals surface area contributed by atoms with Crippen LogP contribution in [0.25, 0.3) is 22.3 Å². The number of para-hydroxylation sites is 1. The summed E-state index contributed by atoms with van der Waals surface area (Å²) in [6, 6.07) is 19.6. The normalized spacial score (nSPS) is 20.3. The van der Waals surface area contributed by atoms with Crippen molar-refractivity contribution in [2.24, 2.45) is 0 Å². The summed E-state index contributed by atoms with van der Waals surface area (Å²) in [6.45, 7) is 6.99. The number of anilines is 1. The van der Waals surface area contributed by atoms with Gasteiger partial charge in [0.2, 0.25) is 0 Å². The van der Waals surface area contributed by atoms with Gasteiger partial charge in [-0.15, -0.1) is 0 Å². The first-order valence-electron chi connectivity index (χ1n) is 14.2. The van der Waals surface area contributed by atoms with Crippen LogP contribution in [0.15, 0.2) is 60.9 Å². The van der Waals surface area contributed by atoms with Crippen LogP contribution in [0, 0.1) is 0 Å². The Labute approximate surface area is 229 Å². The predicted molar refractivity (Wildman–Crippen MR) is 153 cm³/mol. The van der Waals surface area contributed by atoms with Crippen molar-refractivity contribution >= 4 is 16.9 Å². The molecular formula is C30H36N8O. The second-order valence-electron chi connectivity index (χ2n) is 11.0. The molecule has 202 valence electrons. The Morgan fingerprint density at radius 2 is 1.38 bits per heavy atom. The third-order valence-corrected chi connectivity index (χ3v) is 8.76. The van der Waals surface area contributed by atoms with Crippen LogP contribution in [0.2, 0.25) is 0 Å². The second-order valence-corrected chi connectivity index (χ2v) is 11.0. The maximum absolute atomic E-state index is 6.39. The molecule has 39 heavy (non-hydrogen) atoms. The summed E-state index contributed by atoms with van der Waals surface area (Å²) < 4.78 is 8.09. The summed E-state index contributed by atoms with van der Waals surface area (Å²) in [5, 5.41) is 9.34. The molecule has 3 aliphatic rings. The Bertz CT molecular complexity index is 1400. The minimum atomic E-state index is 0.300. The lowest BCUT2D eigenvalue weighted by molar-refractivity contribution is 0.0495. The number of hydrogen-bond acceptors (Lipinski definition) is 8. The Hall–Kier alpha value is -3.53. The van der Waals surface area contributed by atoms with E-state index in [1.807, 2.05) is 54.6 Å². The monoisotopic (exact) mass is 524 g/mol. The van der Waals surface area contributed by atoms with E-state index in [1.54, 1.807) is 6.33 Å². The highest BCUT2D eigenvalue weighted by molar-refractivity contribution is 5.98. The van der Waals surface area contributed by atoms with Gasteiger partial charge in [-0.05, 0) is 62.1 Å². The van der Waals surface area contributed by atoms with E-state index in [0.717, 1.165) is 78.9 Å². The maximum Gasteiger partial charge on any atom is 0.164 e. The number of hydrogen-bond donors (Lipinski definition) is 2. The molecule has 0 unspecified atom stereocenters. The summed E-state index contributed by atoms with van der Waals surface area (Å²) in [4.78, 5) is 14.3. The molecule has 0 spiro atoms. The molecule has 0 saturated carbocycles. The Balaban J connectivity index is 1.07. The number of nitrogen functional groups attached to an aromatic ring is 1. The summed E-state index contributed by atoms with van der Waals surface area (Å²) in [7, 11) is 0. The molecule has 0 atom stereocenters. The van der Waals surface area contributed by atoms with E-state index in [-0.39, 0.29) is 0 Å². The van der Waals surface area contributed by atoms with E-state index in [2.05, 4.69) is 29.8 Å². The lowest BCUT2D eigenvalue weighted by Gasteiger charge is -2.45. The summed E-state index contributed by atoms with van der Waals surface area (Å²) in [5.74, 6) is 2.06. The van der Waals surface area contributed by atoms with Crippen LogP contribution < -0.4 is 15.8 Å². The van der Waals surface area contributed by atoms with Gasteiger partial charge < -0.3 is 20.7 Å². The van der Waals surface area contributed by atoms with Gasteiger partial charge in [0, 0.05) is 56.9 Å². The van der Waals surface area contributed by atoms with Crippen LogP contribution in [0.4, 0.5) is 5.82 Å². The Morgan fingerprint density at radius 3 is 2.05 bits per heavy atom.